The second kappa shape index (κ2) is 9.53. The summed E-state index contributed by atoms with van der Waals surface area (Å²) in [5, 5.41) is 9.02. The van der Waals surface area contributed by atoms with E-state index in [2.05, 4.69) is 17.1 Å². The highest BCUT2D eigenvalue weighted by molar-refractivity contribution is 8.00. The van der Waals surface area contributed by atoms with E-state index in [1.54, 1.807) is 12.1 Å². The first-order valence-electron chi connectivity index (χ1n) is 9.99. The van der Waals surface area contributed by atoms with Crippen molar-refractivity contribution in [1.82, 2.24) is 19.7 Å². The number of carbonyl (C=O) groups is 1. The minimum absolute atomic E-state index is 0.00972. The van der Waals surface area contributed by atoms with Crippen LogP contribution in [0.25, 0.3) is 5.69 Å². The lowest BCUT2D eigenvalue weighted by Gasteiger charge is -2.21. The molecule has 1 aromatic heterocycles. The van der Waals surface area contributed by atoms with Gasteiger partial charge in [0, 0.05) is 11.3 Å². The number of ketones is 1. The number of aromatic nitrogens is 3. The van der Waals surface area contributed by atoms with Crippen molar-refractivity contribution in [2.75, 3.05) is 14.1 Å². The molecule has 2 aromatic carbocycles. The topological polar surface area (TPSA) is 51.0 Å². The summed E-state index contributed by atoms with van der Waals surface area (Å²) in [7, 11) is 3.93. The lowest BCUT2D eigenvalue weighted by Crippen LogP contribution is -2.21. The molecule has 0 aliphatic carbocycles. The second-order valence-electron chi connectivity index (χ2n) is 7.47. The molecular weight excluding hydrogens is 399 g/mol. The Labute approximate surface area is 181 Å². The number of Topliss-reactive ketones (excluding diaryl/α,β-unsaturated/α-hetero) is 1. The molecule has 30 heavy (non-hydrogen) atoms. The highest BCUT2D eigenvalue weighted by atomic mass is 32.2. The highest BCUT2D eigenvalue weighted by Gasteiger charge is 2.25. The van der Waals surface area contributed by atoms with Gasteiger partial charge in [0.2, 0.25) is 0 Å². The molecule has 5 nitrogen and oxygen atoms in total. The quantitative estimate of drug-likeness (QED) is 0.377. The van der Waals surface area contributed by atoms with Crippen LogP contribution in [0.2, 0.25) is 0 Å². The van der Waals surface area contributed by atoms with Crippen LogP contribution < -0.4 is 0 Å². The number of hydrogen-bond donors (Lipinski definition) is 0. The van der Waals surface area contributed by atoms with Gasteiger partial charge in [-0.1, -0.05) is 43.0 Å². The summed E-state index contributed by atoms with van der Waals surface area (Å²) in [6.45, 7) is 5.99. The predicted octanol–water partition coefficient (Wildman–Crippen LogP) is 4.95. The van der Waals surface area contributed by atoms with Crippen LogP contribution in [0.15, 0.2) is 53.7 Å². The minimum Gasteiger partial charge on any atom is -0.300 e. The third-order valence-corrected chi connectivity index (χ3v) is 6.23. The summed E-state index contributed by atoms with van der Waals surface area (Å²) in [5.41, 5.74) is 2.65. The molecule has 0 bridgehead atoms. The predicted molar refractivity (Wildman–Crippen MR) is 119 cm³/mol. The van der Waals surface area contributed by atoms with Crippen LogP contribution in [-0.2, 0) is 6.42 Å². The van der Waals surface area contributed by atoms with E-state index in [9.17, 15) is 9.18 Å². The van der Waals surface area contributed by atoms with Crippen LogP contribution in [0, 0.1) is 5.82 Å². The van der Waals surface area contributed by atoms with Gasteiger partial charge in [0.15, 0.2) is 16.8 Å². The SMILES string of the molecule is CCc1ccc(C(=O)[C@@H](C)Sc2nnc([C@H](C)N(C)C)n2-c2ccc(F)cc2)cc1. The number of carbonyl (C=O) groups excluding carboxylic acids is 1. The minimum atomic E-state index is -0.344. The van der Waals surface area contributed by atoms with Crippen molar-refractivity contribution < 1.29 is 9.18 Å². The molecule has 0 radical (unpaired) electrons. The zero-order valence-corrected chi connectivity index (χ0v) is 18.8. The number of hydrogen-bond acceptors (Lipinski definition) is 5. The molecule has 7 heteroatoms. The van der Waals surface area contributed by atoms with E-state index in [0.29, 0.717) is 10.7 Å². The summed E-state index contributed by atoms with van der Waals surface area (Å²) in [5.74, 6) is 0.474. The Morgan fingerprint density at radius 2 is 1.70 bits per heavy atom. The van der Waals surface area contributed by atoms with E-state index in [1.807, 2.05) is 61.7 Å². The lowest BCUT2D eigenvalue weighted by atomic mass is 10.1. The van der Waals surface area contributed by atoms with Crippen molar-refractivity contribution in [3.63, 3.8) is 0 Å². The van der Waals surface area contributed by atoms with E-state index >= 15 is 0 Å². The van der Waals surface area contributed by atoms with Crippen LogP contribution in [0.4, 0.5) is 4.39 Å². The molecule has 0 fully saturated rings. The summed E-state index contributed by atoms with van der Waals surface area (Å²) < 4.78 is 15.4. The molecule has 0 spiro atoms. The Balaban J connectivity index is 1.92. The van der Waals surface area contributed by atoms with Crippen molar-refractivity contribution in [3.8, 4) is 5.69 Å². The molecule has 0 saturated carbocycles. The number of nitrogens with zero attached hydrogens (tertiary/aromatic N) is 4. The number of benzene rings is 2. The van der Waals surface area contributed by atoms with Gasteiger partial charge in [-0.2, -0.15) is 0 Å². The zero-order valence-electron chi connectivity index (χ0n) is 18.0. The summed E-state index contributed by atoms with van der Waals surface area (Å²) in [6.07, 6.45) is 0.937. The van der Waals surface area contributed by atoms with E-state index in [-0.39, 0.29) is 22.9 Å². The molecule has 3 rings (SSSR count). The first-order valence-corrected chi connectivity index (χ1v) is 10.9. The van der Waals surface area contributed by atoms with Gasteiger partial charge < -0.3 is 0 Å². The average Bonchev–Trinajstić information content (AvgIpc) is 3.16. The van der Waals surface area contributed by atoms with E-state index in [4.69, 9.17) is 0 Å². The summed E-state index contributed by atoms with van der Waals surface area (Å²) in [4.78, 5) is 15.0. The van der Waals surface area contributed by atoms with Crippen molar-refractivity contribution in [2.45, 2.75) is 43.6 Å². The Bertz CT molecular complexity index is 999. The molecule has 0 amide bonds. The van der Waals surface area contributed by atoms with Crippen LogP contribution in [0.3, 0.4) is 0 Å². The summed E-state index contributed by atoms with van der Waals surface area (Å²) >= 11 is 1.36. The number of thioether (sulfide) groups is 1. The standard InChI is InChI=1S/C23H27FN4OS/c1-6-17-7-9-18(10-8-17)21(29)16(3)30-23-26-25-22(15(2)27(4)5)28(23)20-13-11-19(24)12-14-20/h7-16H,6H2,1-5H3/t15-,16+/m0/s1. The van der Waals surface area contributed by atoms with Gasteiger partial charge in [-0.25, -0.2) is 4.39 Å². The highest BCUT2D eigenvalue weighted by Crippen LogP contribution is 2.30. The van der Waals surface area contributed by atoms with Crippen LogP contribution in [0.1, 0.15) is 48.6 Å². The zero-order chi connectivity index (χ0) is 21.8. The smallest absolute Gasteiger partial charge is 0.196 e. The normalized spacial score (nSPS) is 13.4. The van der Waals surface area contributed by atoms with Gasteiger partial charge in [0.1, 0.15) is 5.82 Å². The maximum atomic E-state index is 13.5. The van der Waals surface area contributed by atoms with Gasteiger partial charge in [0.05, 0.1) is 11.3 Å². The molecular formula is C23H27FN4OS. The van der Waals surface area contributed by atoms with Crippen molar-refractivity contribution in [2.24, 2.45) is 0 Å². The number of aryl methyl sites for hydroxylation is 1. The van der Waals surface area contributed by atoms with E-state index in [0.717, 1.165) is 17.9 Å². The van der Waals surface area contributed by atoms with Gasteiger partial charge >= 0.3 is 0 Å². The van der Waals surface area contributed by atoms with Crippen molar-refractivity contribution in [3.05, 3.63) is 71.3 Å². The first kappa shape index (κ1) is 22.2. The third kappa shape index (κ3) is 4.79. The third-order valence-electron chi connectivity index (χ3n) is 5.19. The van der Waals surface area contributed by atoms with Crippen LogP contribution >= 0.6 is 11.8 Å². The maximum Gasteiger partial charge on any atom is 0.196 e. The Kier molecular flexibility index (Phi) is 7.05. The van der Waals surface area contributed by atoms with Crippen molar-refractivity contribution >= 4 is 17.5 Å². The number of rotatable bonds is 8. The largest absolute Gasteiger partial charge is 0.300 e. The Morgan fingerprint density at radius 3 is 2.27 bits per heavy atom. The van der Waals surface area contributed by atoms with Crippen molar-refractivity contribution in [1.29, 1.82) is 0 Å². The molecule has 0 unspecified atom stereocenters. The Morgan fingerprint density at radius 1 is 1.07 bits per heavy atom. The van der Waals surface area contributed by atoms with E-state index < -0.39 is 0 Å². The van der Waals surface area contributed by atoms with Gasteiger partial charge in [-0.3, -0.25) is 14.3 Å². The molecule has 0 aliphatic heterocycles. The fourth-order valence-corrected chi connectivity index (χ4v) is 3.99. The maximum absolute atomic E-state index is 13.5. The summed E-state index contributed by atoms with van der Waals surface area (Å²) in [6, 6.07) is 13.9. The fourth-order valence-electron chi connectivity index (χ4n) is 3.04. The molecule has 0 aliphatic rings. The van der Waals surface area contributed by atoms with Crippen LogP contribution in [0.5, 0.6) is 0 Å². The molecule has 0 N–H and O–H groups in total. The average molecular weight is 427 g/mol. The van der Waals surface area contributed by atoms with Crippen LogP contribution in [-0.4, -0.2) is 44.8 Å². The fraction of sp³-hybridized carbons (Fsp3) is 0.348. The second-order valence-corrected chi connectivity index (χ2v) is 8.77. The molecule has 158 valence electrons. The molecule has 0 saturated heterocycles. The van der Waals surface area contributed by atoms with Gasteiger partial charge in [-0.15, -0.1) is 10.2 Å². The number of halogens is 1. The molecule has 1 heterocycles. The first-order chi connectivity index (χ1) is 14.3. The molecule has 3 aromatic rings. The lowest BCUT2D eigenvalue weighted by molar-refractivity contribution is 0.0994. The van der Waals surface area contributed by atoms with E-state index in [1.165, 1.54) is 29.5 Å². The Hall–Kier alpha value is -2.51. The monoisotopic (exact) mass is 426 g/mol. The van der Waals surface area contributed by atoms with Gasteiger partial charge in [-0.05, 0) is 64.2 Å². The molecule has 2 atom stereocenters. The van der Waals surface area contributed by atoms with Gasteiger partial charge in [0.25, 0.3) is 0 Å².